The van der Waals surface area contributed by atoms with E-state index in [9.17, 15) is 9.70 Å². The maximum absolute atomic E-state index is 11.2. The summed E-state index contributed by atoms with van der Waals surface area (Å²) in [5, 5.41) is 5.00. The van der Waals surface area contributed by atoms with E-state index in [0.717, 1.165) is 17.8 Å². The number of nitroso groups, excluding NO2 is 1. The number of aryl methyl sites for hydroxylation is 1. The lowest BCUT2D eigenvalue weighted by Crippen LogP contribution is -2.22. The van der Waals surface area contributed by atoms with Crippen molar-refractivity contribution in [2.24, 2.45) is 5.29 Å². The fraction of sp³-hybridized carbons (Fsp3) is 0.308. The molecule has 6 nitrogen and oxygen atoms in total. The van der Waals surface area contributed by atoms with Gasteiger partial charge in [-0.25, -0.2) is 4.68 Å². The van der Waals surface area contributed by atoms with Crippen LogP contribution in [-0.2, 0) is 11.2 Å². The van der Waals surface area contributed by atoms with Crippen LogP contribution < -0.4 is 10.1 Å². The zero-order valence-corrected chi connectivity index (χ0v) is 10.4. The molecule has 1 N–H and O–H groups in total. The number of methoxy groups -OCH3 is 1. The van der Waals surface area contributed by atoms with Crippen LogP contribution in [0, 0.1) is 4.91 Å². The molecule has 0 spiro atoms. The van der Waals surface area contributed by atoms with Gasteiger partial charge in [-0.1, -0.05) is 0 Å². The minimum Gasteiger partial charge on any atom is -0.497 e. The van der Waals surface area contributed by atoms with Crippen LogP contribution in [0.1, 0.15) is 18.0 Å². The van der Waals surface area contributed by atoms with Crippen LogP contribution in [0.4, 0.5) is 0 Å². The average molecular weight is 265 g/mol. The summed E-state index contributed by atoms with van der Waals surface area (Å²) in [6.45, 7) is -1.60. The molecule has 0 radical (unpaired) electrons. The summed E-state index contributed by atoms with van der Waals surface area (Å²) in [7, 11) is 1.43. The molecule has 0 aliphatic carbocycles. The number of hydrogen-bond acceptors (Lipinski definition) is 4. The summed E-state index contributed by atoms with van der Waals surface area (Å²) in [5.41, 5.74) is 0.183. The Hall–Kier alpha value is -2.37. The lowest BCUT2D eigenvalue weighted by atomic mass is 10.1. The number of carbonyl (C=O) groups excluding carboxylic acids is 1. The van der Waals surface area contributed by atoms with E-state index in [0.29, 0.717) is 11.3 Å². The lowest BCUT2D eigenvalue weighted by molar-refractivity contribution is -0.118. The number of carbonyl (C=O) groups is 1. The van der Waals surface area contributed by atoms with Crippen molar-refractivity contribution in [1.82, 2.24) is 9.99 Å². The van der Waals surface area contributed by atoms with Crippen LogP contribution in [0.3, 0.4) is 0 Å². The third-order valence-corrected chi connectivity index (χ3v) is 2.52. The van der Waals surface area contributed by atoms with Crippen LogP contribution in [0.2, 0.25) is 0 Å². The highest BCUT2D eigenvalue weighted by molar-refractivity contribution is 5.85. The SMILES string of the molecule is [2H]C([2H])(NC(C)=O)C([2H])([2H])c1cn(N=O)c2ccc(OC)cc12. The molecule has 0 aliphatic rings. The predicted octanol–water partition coefficient (Wildman–Crippen LogP) is 1.86. The zero-order valence-electron chi connectivity index (χ0n) is 14.4. The minimum absolute atomic E-state index is 0.121. The molecule has 2 rings (SSSR count). The van der Waals surface area contributed by atoms with Gasteiger partial charge in [0.25, 0.3) is 0 Å². The van der Waals surface area contributed by atoms with Crippen LogP contribution >= 0.6 is 0 Å². The van der Waals surface area contributed by atoms with E-state index in [2.05, 4.69) is 5.29 Å². The molecule has 6 heteroatoms. The molecule has 19 heavy (non-hydrogen) atoms. The first-order valence-corrected chi connectivity index (χ1v) is 5.46. The van der Waals surface area contributed by atoms with Crippen molar-refractivity contribution in [3.8, 4) is 5.75 Å². The first-order chi connectivity index (χ1) is 10.6. The summed E-state index contributed by atoms with van der Waals surface area (Å²) >= 11 is 0. The first-order valence-electron chi connectivity index (χ1n) is 7.46. The normalized spacial score (nSPS) is 15.1. The van der Waals surface area contributed by atoms with Gasteiger partial charge < -0.3 is 10.1 Å². The summed E-state index contributed by atoms with van der Waals surface area (Å²) in [6.07, 6.45) is -1.50. The molecule has 1 amide bonds. The van der Waals surface area contributed by atoms with Crippen molar-refractivity contribution in [2.45, 2.75) is 13.3 Å². The highest BCUT2D eigenvalue weighted by Crippen LogP contribution is 2.26. The molecule has 0 fully saturated rings. The van der Waals surface area contributed by atoms with Crippen LogP contribution in [0.5, 0.6) is 5.75 Å². The Morgan fingerprint density at radius 1 is 1.58 bits per heavy atom. The molecule has 0 aliphatic heterocycles. The molecule has 100 valence electrons. The van der Waals surface area contributed by atoms with Gasteiger partial charge in [-0.2, -0.15) is 0 Å². The monoisotopic (exact) mass is 265 g/mol. The second-order valence-corrected chi connectivity index (χ2v) is 3.78. The molecule has 0 bridgehead atoms. The van der Waals surface area contributed by atoms with E-state index in [1.54, 1.807) is 6.07 Å². The van der Waals surface area contributed by atoms with Crippen molar-refractivity contribution in [1.29, 1.82) is 0 Å². The van der Waals surface area contributed by atoms with Crippen molar-refractivity contribution in [3.05, 3.63) is 34.9 Å². The second-order valence-electron chi connectivity index (χ2n) is 3.78. The predicted molar refractivity (Wildman–Crippen MR) is 72.1 cm³/mol. The van der Waals surface area contributed by atoms with E-state index in [-0.39, 0.29) is 10.9 Å². The molecule has 0 atom stereocenters. The number of ether oxygens (including phenoxy) is 1. The summed E-state index contributed by atoms with van der Waals surface area (Å²) in [4.78, 5) is 22.1. The number of rotatable bonds is 5. The Kier molecular flexibility index (Phi) is 2.52. The third-order valence-electron chi connectivity index (χ3n) is 2.52. The minimum atomic E-state index is -2.69. The average Bonchev–Trinajstić information content (AvgIpc) is 2.83. The third kappa shape index (κ3) is 2.73. The molecular formula is C13H15N3O3. The summed E-state index contributed by atoms with van der Waals surface area (Å²) < 4.78 is 38.0. The smallest absolute Gasteiger partial charge is 0.216 e. The Balaban J connectivity index is 2.70. The number of hydrogen-bond donors (Lipinski definition) is 1. The molecule has 2 aromatic rings. The molecule has 1 aromatic carbocycles. The summed E-state index contributed by atoms with van der Waals surface area (Å²) in [5.74, 6) is -0.299. The Morgan fingerprint density at radius 2 is 2.37 bits per heavy atom. The van der Waals surface area contributed by atoms with Crippen molar-refractivity contribution < 1.29 is 15.0 Å². The molecule has 0 unspecified atom stereocenters. The molecule has 0 saturated heterocycles. The van der Waals surface area contributed by atoms with Gasteiger partial charge in [0.1, 0.15) is 5.75 Å². The summed E-state index contributed by atoms with van der Waals surface area (Å²) in [6, 6.07) is 4.57. The molecule has 0 saturated carbocycles. The molecule has 1 aromatic heterocycles. The fourth-order valence-electron chi connectivity index (χ4n) is 1.67. The number of aromatic nitrogens is 1. The van der Waals surface area contributed by atoms with E-state index in [4.69, 9.17) is 10.2 Å². The van der Waals surface area contributed by atoms with Crippen molar-refractivity contribution in [3.63, 3.8) is 0 Å². The number of fused-ring (bicyclic) bond motifs is 1. The van der Waals surface area contributed by atoms with Gasteiger partial charge in [-0.3, -0.25) is 4.79 Å². The number of amides is 1. The standard InChI is InChI=1S/C13H15N3O3/c1-9(17)14-6-5-10-8-16(15-18)13-4-3-11(19-2)7-12(10)13/h3-4,7-8H,5-6H2,1-2H3,(H,14,17)/i5D2,6D2. The van der Waals surface area contributed by atoms with Gasteiger partial charge >= 0.3 is 0 Å². The molecule has 1 heterocycles. The topological polar surface area (TPSA) is 72.7 Å². The maximum Gasteiger partial charge on any atom is 0.216 e. The van der Waals surface area contributed by atoms with Crippen molar-refractivity contribution in [2.75, 3.05) is 13.6 Å². The van der Waals surface area contributed by atoms with Gasteiger partial charge in [0.15, 0.2) is 0 Å². The maximum atomic E-state index is 11.2. The van der Waals surface area contributed by atoms with Crippen LogP contribution in [0.25, 0.3) is 10.9 Å². The van der Waals surface area contributed by atoms with Gasteiger partial charge in [-0.05, 0) is 30.1 Å². The number of nitrogens with zero attached hydrogens (tertiary/aromatic N) is 2. The van der Waals surface area contributed by atoms with E-state index >= 15 is 0 Å². The highest BCUT2D eigenvalue weighted by Gasteiger charge is 2.10. The zero-order chi connectivity index (χ0) is 17.4. The van der Waals surface area contributed by atoms with Gasteiger partial charge in [-0.15, -0.1) is 4.91 Å². The number of nitrogens with one attached hydrogen (secondary N) is 1. The Bertz CT molecular complexity index is 773. The van der Waals surface area contributed by atoms with Gasteiger partial charge in [0.05, 0.1) is 17.9 Å². The van der Waals surface area contributed by atoms with Gasteiger partial charge in [0, 0.05) is 30.5 Å². The second kappa shape index (κ2) is 5.51. The van der Waals surface area contributed by atoms with Crippen LogP contribution in [0.15, 0.2) is 29.7 Å². The van der Waals surface area contributed by atoms with E-state index in [1.165, 1.54) is 19.2 Å². The van der Waals surface area contributed by atoms with E-state index in [1.807, 2.05) is 5.32 Å². The van der Waals surface area contributed by atoms with Crippen molar-refractivity contribution >= 4 is 16.8 Å². The number of benzene rings is 1. The van der Waals surface area contributed by atoms with Gasteiger partial charge in [0.2, 0.25) is 5.91 Å². The quantitative estimate of drug-likeness (QED) is 0.839. The van der Waals surface area contributed by atoms with Crippen LogP contribution in [-0.4, -0.2) is 24.2 Å². The molecular weight excluding hydrogens is 246 g/mol. The Morgan fingerprint density at radius 3 is 3.00 bits per heavy atom. The Labute approximate surface area is 115 Å². The largest absolute Gasteiger partial charge is 0.497 e. The highest BCUT2D eigenvalue weighted by atomic mass is 16.5. The lowest BCUT2D eigenvalue weighted by Gasteiger charge is -2.02. The van der Waals surface area contributed by atoms with E-state index < -0.39 is 18.8 Å². The fourth-order valence-corrected chi connectivity index (χ4v) is 1.67. The first kappa shape index (κ1) is 8.68.